The molecule has 0 aliphatic rings. The van der Waals surface area contributed by atoms with E-state index in [0.717, 1.165) is 12.1 Å². The Hall–Kier alpha value is -7.19. The number of anilines is 2. The van der Waals surface area contributed by atoms with Crippen molar-refractivity contribution < 1.29 is 99.5 Å². The Labute approximate surface area is 372 Å². The van der Waals surface area contributed by atoms with Crippen molar-refractivity contribution in [2.75, 3.05) is 11.5 Å². The minimum absolute atomic E-state index is 0. The van der Waals surface area contributed by atoms with Crippen LogP contribution in [0.1, 0.15) is 0 Å². The average molecular weight is 1020 g/mol. The number of nitrogens with zero attached hydrogens (tertiary/aromatic N) is 6. The number of non-ortho nitro benzene ring substituents is 2. The predicted octanol–water partition coefficient (Wildman–Crippen LogP) is 3.69. The maximum atomic E-state index is 12.7. The summed E-state index contributed by atoms with van der Waals surface area (Å²) < 4.78 is 132. The first-order valence-electron chi connectivity index (χ1n) is 16.2. The van der Waals surface area contributed by atoms with Crippen molar-refractivity contribution in [1.29, 1.82) is 0 Å². The summed E-state index contributed by atoms with van der Waals surface area (Å²) in [7, 11) is -20.6. The summed E-state index contributed by atoms with van der Waals surface area (Å²) in [5, 5.41) is 81.0. The number of nitrogens with two attached hydrogens (primary N) is 2. The number of nitro groups is 2. The van der Waals surface area contributed by atoms with Gasteiger partial charge in [-0.15, -0.1) is 15.3 Å². The maximum absolute atomic E-state index is 12.7. The van der Waals surface area contributed by atoms with Crippen LogP contribution in [0.3, 0.4) is 0 Å². The fraction of sp³-hybridized carbons (Fsp3) is 0. The van der Waals surface area contributed by atoms with Gasteiger partial charge in [-0.05, 0) is 58.6 Å². The zero-order chi connectivity index (χ0) is 48.0. The van der Waals surface area contributed by atoms with Crippen LogP contribution < -0.4 is 21.7 Å². The Bertz CT molecular complexity index is 3300. The predicted molar refractivity (Wildman–Crippen MR) is 211 cm³/mol. The van der Waals surface area contributed by atoms with E-state index < -0.39 is 127 Å². The van der Waals surface area contributed by atoms with Gasteiger partial charge in [0.1, 0.15) is 31.3 Å². The molecular formula is C32H21CrN8O20S4. The molecule has 28 nitrogen and oxygen atoms in total. The molecule has 0 saturated heterocycles. The van der Waals surface area contributed by atoms with Crippen LogP contribution in [0.2, 0.25) is 0 Å². The third-order valence-corrected chi connectivity index (χ3v) is 11.7. The van der Waals surface area contributed by atoms with Crippen LogP contribution in [0.5, 0.6) is 23.0 Å². The maximum Gasteiger partial charge on any atom is 3.00 e. The summed E-state index contributed by atoms with van der Waals surface area (Å²) in [4.78, 5) is 15.2. The van der Waals surface area contributed by atoms with Crippen molar-refractivity contribution in [1.82, 2.24) is 0 Å². The van der Waals surface area contributed by atoms with Gasteiger partial charge < -0.3 is 36.4 Å². The molecule has 0 atom stereocenters. The van der Waals surface area contributed by atoms with Gasteiger partial charge in [-0.25, -0.2) is 8.42 Å². The standard InChI is InChI=1S/2C16H12N4O10S2.Cr/c2*17-8-1-2-10-7(3-8)4-12(31(25,26)27)14(15(10)21)19-18-11-5-9(20(23)24)6-13(16(11)22)32(28,29)30;/h2*1-6,21-22H,17H2,(H,25,26,27)(H,28,29,30);/q;;+3/p-3. The molecule has 0 fully saturated rings. The van der Waals surface area contributed by atoms with Crippen LogP contribution in [-0.2, 0) is 57.8 Å². The number of phenolic OH excluding ortho intramolecular Hbond substituents is 2. The summed E-state index contributed by atoms with van der Waals surface area (Å²) in [6.45, 7) is 0. The Balaban J connectivity index is 0.000000280. The van der Waals surface area contributed by atoms with Gasteiger partial charge in [0.25, 0.3) is 41.7 Å². The molecule has 0 amide bonds. The molecule has 0 unspecified atom stereocenters. The molecule has 0 aliphatic carbocycles. The Morgan fingerprint density at radius 3 is 1.43 bits per heavy atom. The molecule has 0 aliphatic heterocycles. The first-order chi connectivity index (χ1) is 29.4. The molecule has 65 heavy (non-hydrogen) atoms. The summed E-state index contributed by atoms with van der Waals surface area (Å²) in [5.41, 5.74) is 5.99. The molecule has 6 aromatic carbocycles. The van der Waals surface area contributed by atoms with E-state index in [0.29, 0.717) is 18.2 Å². The monoisotopic (exact) mass is 1020 g/mol. The molecule has 6 aromatic rings. The van der Waals surface area contributed by atoms with Gasteiger partial charge in [0.2, 0.25) is 0 Å². The van der Waals surface area contributed by atoms with Gasteiger partial charge in [0, 0.05) is 41.0 Å². The molecule has 339 valence electrons. The van der Waals surface area contributed by atoms with Crippen molar-refractivity contribution >= 4 is 108 Å². The van der Waals surface area contributed by atoms with E-state index in [1.54, 1.807) is 0 Å². The van der Waals surface area contributed by atoms with E-state index in [2.05, 4.69) is 20.5 Å². The van der Waals surface area contributed by atoms with Crippen molar-refractivity contribution in [2.24, 2.45) is 20.5 Å². The number of rotatable bonds is 10. The third kappa shape index (κ3) is 11.0. The summed E-state index contributed by atoms with van der Waals surface area (Å²) in [5.74, 6) is -4.62. The van der Waals surface area contributed by atoms with Crippen LogP contribution in [0.25, 0.3) is 21.5 Å². The molecule has 0 spiro atoms. The zero-order valence-electron chi connectivity index (χ0n) is 31.2. The van der Waals surface area contributed by atoms with Crippen LogP contribution in [0.15, 0.2) is 113 Å². The molecular weight excluding hydrogens is 997 g/mol. The second-order valence-corrected chi connectivity index (χ2v) is 18.0. The Morgan fingerprint density at radius 1 is 0.508 bits per heavy atom. The van der Waals surface area contributed by atoms with Crippen molar-refractivity contribution in [3.8, 4) is 23.0 Å². The third-order valence-electron chi connectivity index (χ3n) is 8.23. The minimum Gasteiger partial charge on any atom is -0.871 e. The number of nitrogen functional groups attached to an aromatic ring is 2. The number of nitro benzene ring substituents is 2. The number of hydrogen-bond acceptors (Lipinski definition) is 23. The van der Waals surface area contributed by atoms with Gasteiger partial charge in [0.15, 0.2) is 11.5 Å². The summed E-state index contributed by atoms with van der Waals surface area (Å²) in [6, 6.07) is 11.2. The number of fused-ring (bicyclic) bond motifs is 2. The second kappa shape index (κ2) is 18.1. The summed E-state index contributed by atoms with van der Waals surface area (Å²) in [6.07, 6.45) is 0. The van der Waals surface area contributed by atoms with Gasteiger partial charge in [-0.1, -0.05) is 17.6 Å². The largest absolute Gasteiger partial charge is 3.00 e. The topological polar surface area (TPSA) is 495 Å². The quantitative estimate of drug-likeness (QED) is 0.0338. The van der Waals surface area contributed by atoms with Crippen molar-refractivity contribution in [3.63, 3.8) is 0 Å². The van der Waals surface area contributed by atoms with E-state index in [9.17, 15) is 88.0 Å². The number of aromatic hydroxyl groups is 2. The normalized spacial score (nSPS) is 12.2. The van der Waals surface area contributed by atoms with E-state index in [4.69, 9.17) is 16.0 Å². The number of hydrogen-bond donors (Lipinski definition) is 7. The zero-order valence-corrected chi connectivity index (χ0v) is 35.7. The van der Waals surface area contributed by atoms with E-state index in [1.807, 2.05) is 0 Å². The van der Waals surface area contributed by atoms with Gasteiger partial charge in [-0.2, -0.15) is 30.4 Å². The summed E-state index contributed by atoms with van der Waals surface area (Å²) >= 11 is 0. The molecule has 0 aromatic heterocycles. The molecule has 33 heteroatoms. The molecule has 6 rings (SSSR count). The fourth-order valence-electron chi connectivity index (χ4n) is 5.41. The van der Waals surface area contributed by atoms with Gasteiger partial charge in [-0.3, -0.25) is 33.9 Å². The van der Waals surface area contributed by atoms with Crippen LogP contribution in [0.4, 0.5) is 45.5 Å². The van der Waals surface area contributed by atoms with Crippen LogP contribution in [0, 0.1) is 20.2 Å². The SMILES string of the molecule is Nc1ccc2c(O)c(N=Nc3cc([N+](=O)[O-])cc(S(=O)(=O)O)c3O)c(S(=O)(=O)O)cc2c1.Nc1ccc2c([O-])c(N=Nc3cc([N+](=O)[O-])cc(S(=O)(=O)O)c3[O-])c(S(=O)(=O)[O-])cc2c1.[Cr+3]. The first-order valence-corrected chi connectivity index (χ1v) is 21.9. The molecule has 0 bridgehead atoms. The number of phenols is 2. The Kier molecular flexibility index (Phi) is 14.1. The molecule has 1 radical (unpaired) electrons. The van der Waals surface area contributed by atoms with Crippen molar-refractivity contribution in [3.05, 3.63) is 93.0 Å². The van der Waals surface area contributed by atoms with Crippen molar-refractivity contribution in [2.45, 2.75) is 19.6 Å². The molecule has 0 heterocycles. The molecule has 9 N–H and O–H groups in total. The fourth-order valence-corrected chi connectivity index (χ4v) is 7.94. The van der Waals surface area contributed by atoms with Gasteiger partial charge in [0.05, 0.1) is 31.0 Å². The molecule has 0 saturated carbocycles. The smallest absolute Gasteiger partial charge is 0.871 e. The first kappa shape index (κ1) is 50.5. The minimum atomic E-state index is -5.29. The number of azo groups is 2. The van der Waals surface area contributed by atoms with Crippen LogP contribution >= 0.6 is 0 Å². The average Bonchev–Trinajstić information content (AvgIpc) is 3.16. The second-order valence-electron chi connectivity index (χ2n) is 12.5. The van der Waals surface area contributed by atoms with Gasteiger partial charge >= 0.3 is 17.4 Å². The Morgan fingerprint density at radius 2 is 0.938 bits per heavy atom. The number of benzene rings is 6. The van der Waals surface area contributed by atoms with Crippen LogP contribution in [-0.4, -0.2) is 71.9 Å². The van der Waals surface area contributed by atoms with E-state index in [-0.39, 0.29) is 56.3 Å². The van der Waals surface area contributed by atoms with E-state index in [1.165, 1.54) is 36.4 Å². The van der Waals surface area contributed by atoms with E-state index >= 15 is 0 Å².